The number of nitrogens with one attached hydrogen (secondary N) is 1. The summed E-state index contributed by atoms with van der Waals surface area (Å²) in [6.07, 6.45) is 0. The van der Waals surface area contributed by atoms with Crippen LogP contribution in [-0.2, 0) is 0 Å². The molecule has 0 fully saturated rings. The zero-order valence-corrected chi connectivity index (χ0v) is 13.5. The number of para-hydroxylation sites is 1. The van der Waals surface area contributed by atoms with E-state index in [1.807, 2.05) is 18.2 Å². The molecule has 0 aromatic heterocycles. The minimum atomic E-state index is -1.91. The van der Waals surface area contributed by atoms with Gasteiger partial charge in [-0.3, -0.25) is 4.79 Å². The van der Waals surface area contributed by atoms with E-state index >= 15 is 0 Å². The third kappa shape index (κ3) is 2.41. The molecule has 1 heterocycles. The van der Waals surface area contributed by atoms with Gasteiger partial charge in [-0.15, -0.1) is 0 Å². The summed E-state index contributed by atoms with van der Waals surface area (Å²) in [4.78, 5) is 12.6. The van der Waals surface area contributed by atoms with Crippen LogP contribution in [0.15, 0.2) is 54.6 Å². The third-order valence-electron chi connectivity index (χ3n) is 4.41. The van der Waals surface area contributed by atoms with Crippen molar-refractivity contribution in [2.75, 3.05) is 0 Å². The predicted octanol–water partition coefficient (Wildman–Crippen LogP) is 2.58. The SMILES string of the molecule is CC1(C)Oc2ccccc2[C@H](NC(=O)c2ccccc2)[C@]1(O)C#N. The minimum Gasteiger partial charge on any atom is -0.483 e. The van der Waals surface area contributed by atoms with E-state index in [0.717, 1.165) is 0 Å². The van der Waals surface area contributed by atoms with E-state index in [2.05, 4.69) is 5.32 Å². The summed E-state index contributed by atoms with van der Waals surface area (Å²) in [6.45, 7) is 3.27. The molecule has 3 rings (SSSR count). The average molecular weight is 322 g/mol. The first-order valence-corrected chi connectivity index (χ1v) is 7.66. The molecular formula is C19H18N2O3. The van der Waals surface area contributed by atoms with Gasteiger partial charge in [-0.1, -0.05) is 36.4 Å². The predicted molar refractivity (Wildman–Crippen MR) is 88.4 cm³/mol. The molecule has 0 aliphatic carbocycles. The van der Waals surface area contributed by atoms with Gasteiger partial charge in [0, 0.05) is 11.1 Å². The van der Waals surface area contributed by atoms with Crippen molar-refractivity contribution >= 4 is 5.91 Å². The number of hydrogen-bond donors (Lipinski definition) is 2. The molecule has 2 N–H and O–H groups in total. The first kappa shape index (κ1) is 16.0. The first-order chi connectivity index (χ1) is 11.4. The molecule has 122 valence electrons. The number of benzene rings is 2. The van der Waals surface area contributed by atoms with Gasteiger partial charge in [0.1, 0.15) is 23.5 Å². The normalized spacial score (nSPS) is 24.2. The maximum atomic E-state index is 12.6. The van der Waals surface area contributed by atoms with Crippen LogP contribution in [0, 0.1) is 11.3 Å². The fourth-order valence-corrected chi connectivity index (χ4v) is 2.92. The highest BCUT2D eigenvalue weighted by atomic mass is 16.5. The molecular weight excluding hydrogens is 304 g/mol. The molecule has 1 aliphatic rings. The molecule has 2 aromatic rings. The Kier molecular flexibility index (Phi) is 3.78. The maximum absolute atomic E-state index is 12.6. The van der Waals surface area contributed by atoms with Crippen LogP contribution >= 0.6 is 0 Å². The van der Waals surface area contributed by atoms with Crippen molar-refractivity contribution in [3.8, 4) is 11.8 Å². The summed E-state index contributed by atoms with van der Waals surface area (Å²) in [7, 11) is 0. The highest BCUT2D eigenvalue weighted by Gasteiger charge is 2.57. The summed E-state index contributed by atoms with van der Waals surface area (Å²) >= 11 is 0. The first-order valence-electron chi connectivity index (χ1n) is 7.66. The number of amides is 1. The van der Waals surface area contributed by atoms with Crippen molar-refractivity contribution in [1.82, 2.24) is 5.32 Å². The van der Waals surface area contributed by atoms with E-state index < -0.39 is 17.2 Å². The number of carbonyl (C=O) groups excluding carboxylic acids is 1. The lowest BCUT2D eigenvalue weighted by Crippen LogP contribution is -2.63. The molecule has 1 amide bonds. The maximum Gasteiger partial charge on any atom is 0.251 e. The van der Waals surface area contributed by atoms with E-state index in [1.54, 1.807) is 56.3 Å². The van der Waals surface area contributed by atoms with Crippen molar-refractivity contribution in [2.24, 2.45) is 0 Å². The second kappa shape index (κ2) is 5.66. The molecule has 1 aliphatic heterocycles. The van der Waals surface area contributed by atoms with Crippen LogP contribution in [0.1, 0.15) is 35.8 Å². The monoisotopic (exact) mass is 322 g/mol. The fraction of sp³-hybridized carbons (Fsp3) is 0.263. The zero-order valence-electron chi connectivity index (χ0n) is 13.5. The Morgan fingerprint density at radius 1 is 1.17 bits per heavy atom. The number of rotatable bonds is 2. The van der Waals surface area contributed by atoms with Crippen molar-refractivity contribution in [1.29, 1.82) is 5.26 Å². The van der Waals surface area contributed by atoms with Crippen LogP contribution in [0.2, 0.25) is 0 Å². The van der Waals surface area contributed by atoms with Crippen LogP contribution in [0.5, 0.6) is 5.75 Å². The van der Waals surface area contributed by atoms with Crippen LogP contribution in [-0.4, -0.2) is 22.2 Å². The van der Waals surface area contributed by atoms with Crippen molar-refractivity contribution in [3.05, 3.63) is 65.7 Å². The number of hydrogen-bond acceptors (Lipinski definition) is 4. The molecule has 2 atom stereocenters. The van der Waals surface area contributed by atoms with Crippen molar-refractivity contribution in [3.63, 3.8) is 0 Å². The summed E-state index contributed by atoms with van der Waals surface area (Å²) in [5, 5.41) is 23.4. The highest BCUT2D eigenvalue weighted by Crippen LogP contribution is 2.46. The summed E-state index contributed by atoms with van der Waals surface area (Å²) in [5.41, 5.74) is -2.07. The van der Waals surface area contributed by atoms with Crippen LogP contribution in [0.25, 0.3) is 0 Å². The lowest BCUT2D eigenvalue weighted by Gasteiger charge is -2.47. The summed E-state index contributed by atoms with van der Waals surface area (Å²) in [6, 6.07) is 16.8. The summed E-state index contributed by atoms with van der Waals surface area (Å²) in [5.74, 6) is 0.183. The molecule has 2 aromatic carbocycles. The van der Waals surface area contributed by atoms with Gasteiger partial charge in [0.15, 0.2) is 0 Å². The van der Waals surface area contributed by atoms with E-state index in [0.29, 0.717) is 16.9 Å². The minimum absolute atomic E-state index is 0.359. The van der Waals surface area contributed by atoms with E-state index in [9.17, 15) is 15.2 Å². The Labute approximate surface area is 140 Å². The Hall–Kier alpha value is -2.84. The lowest BCUT2D eigenvalue weighted by molar-refractivity contribution is -0.112. The number of ether oxygens (including phenoxy) is 1. The second-order valence-electron chi connectivity index (χ2n) is 6.30. The fourth-order valence-electron chi connectivity index (χ4n) is 2.92. The Bertz CT molecular complexity index is 811. The molecule has 0 bridgehead atoms. The zero-order chi connectivity index (χ0) is 17.4. The van der Waals surface area contributed by atoms with Gasteiger partial charge in [-0.25, -0.2) is 0 Å². The number of nitriles is 1. The van der Waals surface area contributed by atoms with E-state index in [-0.39, 0.29) is 5.91 Å². The number of fused-ring (bicyclic) bond motifs is 1. The Morgan fingerprint density at radius 3 is 2.46 bits per heavy atom. The van der Waals surface area contributed by atoms with Gasteiger partial charge in [0.05, 0.1) is 0 Å². The smallest absolute Gasteiger partial charge is 0.251 e. The second-order valence-corrected chi connectivity index (χ2v) is 6.30. The largest absolute Gasteiger partial charge is 0.483 e. The molecule has 0 saturated heterocycles. The number of carbonyl (C=O) groups is 1. The van der Waals surface area contributed by atoms with Gasteiger partial charge >= 0.3 is 0 Å². The van der Waals surface area contributed by atoms with Crippen LogP contribution in [0.3, 0.4) is 0 Å². The molecule has 0 radical (unpaired) electrons. The summed E-state index contributed by atoms with van der Waals surface area (Å²) < 4.78 is 5.82. The van der Waals surface area contributed by atoms with Gasteiger partial charge in [-0.2, -0.15) is 5.26 Å². The van der Waals surface area contributed by atoms with E-state index in [4.69, 9.17) is 4.74 Å². The van der Waals surface area contributed by atoms with Crippen LogP contribution < -0.4 is 10.1 Å². The van der Waals surface area contributed by atoms with Crippen LogP contribution in [0.4, 0.5) is 0 Å². The molecule has 24 heavy (non-hydrogen) atoms. The van der Waals surface area contributed by atoms with Gasteiger partial charge in [0.25, 0.3) is 5.91 Å². The number of nitrogens with zero attached hydrogens (tertiary/aromatic N) is 1. The average Bonchev–Trinajstić information content (AvgIpc) is 2.59. The van der Waals surface area contributed by atoms with Gasteiger partial charge in [0.2, 0.25) is 5.60 Å². The topological polar surface area (TPSA) is 82.3 Å². The molecule has 0 spiro atoms. The van der Waals surface area contributed by atoms with Crippen molar-refractivity contribution in [2.45, 2.75) is 31.1 Å². The third-order valence-corrected chi connectivity index (χ3v) is 4.41. The Morgan fingerprint density at radius 2 is 1.79 bits per heavy atom. The molecule has 5 nitrogen and oxygen atoms in total. The number of aliphatic hydroxyl groups is 1. The highest BCUT2D eigenvalue weighted by molar-refractivity contribution is 5.94. The molecule has 0 saturated carbocycles. The Balaban J connectivity index is 2.06. The van der Waals surface area contributed by atoms with Gasteiger partial charge < -0.3 is 15.2 Å². The van der Waals surface area contributed by atoms with Crippen molar-refractivity contribution < 1.29 is 14.6 Å². The molecule has 0 unspecified atom stereocenters. The van der Waals surface area contributed by atoms with Gasteiger partial charge in [-0.05, 0) is 32.0 Å². The lowest BCUT2D eigenvalue weighted by atomic mass is 9.75. The van der Waals surface area contributed by atoms with E-state index in [1.165, 1.54) is 0 Å². The molecule has 5 heteroatoms. The standard InChI is InChI=1S/C19H18N2O3/c1-18(2)19(23,12-20)16(14-10-6-7-11-15(14)24-18)21-17(22)13-8-4-3-5-9-13/h3-11,16,23H,1-2H3,(H,21,22)/t16-,19+/m0/s1. The quantitative estimate of drug-likeness (QED) is 0.833.